The number of hydrogen-bond acceptors (Lipinski definition) is 0. The summed E-state index contributed by atoms with van der Waals surface area (Å²) >= 11 is 0. The first-order chi connectivity index (χ1) is 5.66. The smallest absolute Gasteiger partial charge is 0.239 e. The van der Waals surface area contributed by atoms with Crippen LogP contribution < -0.4 is 4.57 Å². The number of fused-ring (bicyclic) bond motifs is 1. The van der Waals surface area contributed by atoms with Crippen LogP contribution in [0.2, 0.25) is 0 Å². The number of pyridine rings is 1. The molecule has 0 aliphatic carbocycles. The van der Waals surface area contributed by atoms with Gasteiger partial charge in [-0.3, -0.25) is 0 Å². The lowest BCUT2D eigenvalue weighted by Gasteiger charge is -1.95. The maximum atomic E-state index is 2.20. The SMILES string of the molecule is Cc1cc2c[n+](C)cn2cc1C. The lowest BCUT2D eigenvalue weighted by molar-refractivity contribution is -0.670. The van der Waals surface area contributed by atoms with Crippen LogP contribution >= 0.6 is 0 Å². The van der Waals surface area contributed by atoms with Crippen molar-refractivity contribution in [2.24, 2.45) is 7.05 Å². The minimum atomic E-state index is 1.25. The van der Waals surface area contributed by atoms with E-state index in [1.807, 2.05) is 7.05 Å². The highest BCUT2D eigenvalue weighted by Gasteiger charge is 2.04. The second-order valence-electron chi connectivity index (χ2n) is 3.38. The predicted octanol–water partition coefficient (Wildman–Crippen LogP) is 1.38. The Hall–Kier alpha value is -1.31. The van der Waals surface area contributed by atoms with Crippen molar-refractivity contribution in [3.63, 3.8) is 0 Å². The van der Waals surface area contributed by atoms with Gasteiger partial charge in [-0.15, -0.1) is 0 Å². The summed E-state index contributed by atoms with van der Waals surface area (Å²) < 4.78 is 4.20. The van der Waals surface area contributed by atoms with Crippen LogP contribution in [-0.2, 0) is 7.05 Å². The van der Waals surface area contributed by atoms with Crippen LogP contribution in [0.4, 0.5) is 0 Å². The molecule has 2 rings (SSSR count). The maximum absolute atomic E-state index is 2.20. The van der Waals surface area contributed by atoms with Crippen molar-refractivity contribution in [1.29, 1.82) is 0 Å². The number of nitrogens with zero attached hydrogens (tertiary/aromatic N) is 2. The molecule has 0 aliphatic rings. The molecular formula is C10H13N2+. The number of rotatable bonds is 0. The van der Waals surface area contributed by atoms with Crippen molar-refractivity contribution in [3.8, 4) is 0 Å². The first-order valence-electron chi connectivity index (χ1n) is 4.11. The molecule has 0 saturated heterocycles. The van der Waals surface area contributed by atoms with Gasteiger partial charge in [0.25, 0.3) is 0 Å². The Labute approximate surface area is 72.1 Å². The Kier molecular flexibility index (Phi) is 1.43. The van der Waals surface area contributed by atoms with Gasteiger partial charge in [-0.25, -0.2) is 8.97 Å². The molecule has 2 aromatic heterocycles. The summed E-state index contributed by atoms with van der Waals surface area (Å²) in [4.78, 5) is 0. The maximum Gasteiger partial charge on any atom is 0.248 e. The van der Waals surface area contributed by atoms with Crippen LogP contribution in [-0.4, -0.2) is 4.40 Å². The summed E-state index contributed by atoms with van der Waals surface area (Å²) in [5, 5.41) is 0. The topological polar surface area (TPSA) is 8.29 Å². The van der Waals surface area contributed by atoms with Crippen LogP contribution in [0.3, 0.4) is 0 Å². The van der Waals surface area contributed by atoms with Crippen LogP contribution in [0.1, 0.15) is 11.1 Å². The van der Waals surface area contributed by atoms with Crippen molar-refractivity contribution in [2.45, 2.75) is 13.8 Å². The van der Waals surface area contributed by atoms with Gasteiger partial charge in [0, 0.05) is 0 Å². The highest BCUT2D eigenvalue weighted by Crippen LogP contribution is 2.09. The lowest BCUT2D eigenvalue weighted by Crippen LogP contribution is -2.23. The van der Waals surface area contributed by atoms with Crippen LogP contribution in [0, 0.1) is 13.8 Å². The van der Waals surface area contributed by atoms with Gasteiger partial charge in [0.1, 0.15) is 6.20 Å². The van der Waals surface area contributed by atoms with Gasteiger partial charge in [-0.2, -0.15) is 0 Å². The van der Waals surface area contributed by atoms with Crippen molar-refractivity contribution in [2.75, 3.05) is 0 Å². The van der Waals surface area contributed by atoms with Crippen LogP contribution in [0.5, 0.6) is 0 Å². The molecule has 62 valence electrons. The number of aromatic nitrogens is 2. The second-order valence-corrected chi connectivity index (χ2v) is 3.38. The van der Waals surface area contributed by atoms with E-state index in [1.165, 1.54) is 16.6 Å². The van der Waals surface area contributed by atoms with Gasteiger partial charge in [0.2, 0.25) is 6.33 Å². The van der Waals surface area contributed by atoms with Crippen molar-refractivity contribution >= 4 is 5.52 Å². The van der Waals surface area contributed by atoms with Crippen molar-refractivity contribution in [1.82, 2.24) is 4.40 Å². The first kappa shape index (κ1) is 7.35. The minimum Gasteiger partial charge on any atom is -0.239 e. The van der Waals surface area contributed by atoms with Gasteiger partial charge in [0.05, 0.1) is 13.2 Å². The Morgan fingerprint density at radius 3 is 2.75 bits per heavy atom. The molecule has 0 saturated carbocycles. The normalized spacial score (nSPS) is 10.9. The van der Waals surface area contributed by atoms with E-state index in [4.69, 9.17) is 0 Å². The average Bonchev–Trinajstić information content (AvgIpc) is 2.30. The summed E-state index contributed by atoms with van der Waals surface area (Å²) in [5.74, 6) is 0. The Balaban J connectivity index is 2.83. The monoisotopic (exact) mass is 161 g/mol. The molecule has 12 heavy (non-hydrogen) atoms. The highest BCUT2D eigenvalue weighted by molar-refractivity contribution is 5.47. The van der Waals surface area contributed by atoms with E-state index in [-0.39, 0.29) is 0 Å². The summed E-state index contributed by atoms with van der Waals surface area (Å²) in [7, 11) is 2.04. The van der Waals surface area contributed by atoms with Crippen molar-refractivity contribution in [3.05, 3.63) is 35.9 Å². The molecule has 2 aromatic rings. The number of hydrogen-bond donors (Lipinski definition) is 0. The lowest BCUT2D eigenvalue weighted by atomic mass is 10.2. The fraction of sp³-hybridized carbons (Fsp3) is 0.300. The third-order valence-corrected chi connectivity index (χ3v) is 2.26. The zero-order valence-corrected chi connectivity index (χ0v) is 7.70. The van der Waals surface area contributed by atoms with E-state index in [1.54, 1.807) is 0 Å². The second kappa shape index (κ2) is 2.34. The Morgan fingerprint density at radius 2 is 2.00 bits per heavy atom. The Bertz CT molecular complexity index is 388. The molecule has 0 N–H and O–H groups in total. The molecule has 0 amide bonds. The van der Waals surface area contributed by atoms with Gasteiger partial charge in [-0.05, 0) is 31.0 Å². The molecule has 0 aromatic carbocycles. The van der Waals surface area contributed by atoms with E-state index in [2.05, 4.69) is 47.6 Å². The zero-order chi connectivity index (χ0) is 8.72. The molecule has 2 heterocycles. The zero-order valence-electron chi connectivity index (χ0n) is 7.70. The van der Waals surface area contributed by atoms with Gasteiger partial charge < -0.3 is 0 Å². The van der Waals surface area contributed by atoms with Crippen molar-refractivity contribution < 1.29 is 4.57 Å². The highest BCUT2D eigenvalue weighted by atomic mass is 15.1. The van der Waals surface area contributed by atoms with Gasteiger partial charge in [0.15, 0.2) is 5.52 Å². The summed E-state index contributed by atoms with van der Waals surface area (Å²) in [5.41, 5.74) is 3.93. The van der Waals surface area contributed by atoms with Gasteiger partial charge in [-0.1, -0.05) is 0 Å². The molecule has 0 unspecified atom stereocenters. The number of imidazole rings is 1. The van der Waals surface area contributed by atoms with Crippen LogP contribution in [0.15, 0.2) is 24.8 Å². The largest absolute Gasteiger partial charge is 0.248 e. The molecule has 0 aliphatic heterocycles. The Morgan fingerprint density at radius 1 is 1.25 bits per heavy atom. The fourth-order valence-electron chi connectivity index (χ4n) is 1.44. The first-order valence-corrected chi connectivity index (χ1v) is 4.11. The molecule has 0 atom stereocenters. The predicted molar refractivity (Wildman–Crippen MR) is 48.0 cm³/mol. The molecule has 0 fully saturated rings. The van der Waals surface area contributed by atoms with E-state index in [0.29, 0.717) is 0 Å². The standard InChI is InChI=1S/C10H13N2/c1-8-4-10-6-11(3)7-12(10)5-9(8)2/h4-7H,1-3H3/q+1. The molecular weight excluding hydrogens is 148 g/mol. The third-order valence-electron chi connectivity index (χ3n) is 2.26. The fourth-order valence-corrected chi connectivity index (χ4v) is 1.44. The van der Waals surface area contributed by atoms with Gasteiger partial charge >= 0.3 is 0 Å². The molecule has 2 heteroatoms. The molecule has 0 radical (unpaired) electrons. The van der Waals surface area contributed by atoms with E-state index in [0.717, 1.165) is 0 Å². The summed E-state index contributed by atoms with van der Waals surface area (Å²) in [6, 6.07) is 2.20. The molecule has 2 nitrogen and oxygen atoms in total. The molecule has 0 spiro atoms. The average molecular weight is 161 g/mol. The third kappa shape index (κ3) is 0.998. The summed E-state index contributed by atoms with van der Waals surface area (Å²) in [6.07, 6.45) is 6.35. The van der Waals surface area contributed by atoms with E-state index in [9.17, 15) is 0 Å². The van der Waals surface area contributed by atoms with E-state index < -0.39 is 0 Å². The minimum absolute atomic E-state index is 1.25. The van der Waals surface area contributed by atoms with Crippen LogP contribution in [0.25, 0.3) is 5.52 Å². The summed E-state index contributed by atoms with van der Waals surface area (Å²) in [6.45, 7) is 4.27. The molecule has 0 bridgehead atoms. The van der Waals surface area contributed by atoms with E-state index >= 15 is 0 Å². The quantitative estimate of drug-likeness (QED) is 0.516. The number of aryl methyl sites for hydroxylation is 3.